The summed E-state index contributed by atoms with van der Waals surface area (Å²) < 4.78 is 38.1. The number of anilines is 1. The summed E-state index contributed by atoms with van der Waals surface area (Å²) in [6, 6.07) is 6.04. The number of rotatable bonds is 3. The van der Waals surface area contributed by atoms with Gasteiger partial charge in [-0.15, -0.1) is 10.2 Å². The van der Waals surface area contributed by atoms with Crippen LogP contribution in [0.5, 0.6) is 0 Å². The highest BCUT2D eigenvalue weighted by Gasteiger charge is 2.35. The van der Waals surface area contributed by atoms with Gasteiger partial charge in [-0.1, -0.05) is 23.5 Å². The topological polar surface area (TPSA) is 110 Å². The van der Waals surface area contributed by atoms with Crippen molar-refractivity contribution in [2.45, 2.75) is 12.7 Å². The van der Waals surface area contributed by atoms with Crippen molar-refractivity contribution < 1.29 is 18.0 Å². The number of nitrogens with zero attached hydrogens (tertiary/aromatic N) is 3. The van der Waals surface area contributed by atoms with E-state index < -0.39 is 34.8 Å². The molecule has 0 spiro atoms. The predicted molar refractivity (Wildman–Crippen MR) is 82.4 cm³/mol. The second-order valence-electron chi connectivity index (χ2n) is 4.84. The van der Waals surface area contributed by atoms with Gasteiger partial charge in [0, 0.05) is 0 Å². The molecule has 0 saturated heterocycles. The highest BCUT2D eigenvalue weighted by molar-refractivity contribution is 7.15. The quantitative estimate of drug-likeness (QED) is 0.719. The third kappa shape index (κ3) is 3.42. The van der Waals surface area contributed by atoms with Gasteiger partial charge in [0.05, 0.1) is 10.8 Å². The minimum absolute atomic E-state index is 0.120. The summed E-state index contributed by atoms with van der Waals surface area (Å²) in [6.45, 7) is -0.597. The Balaban J connectivity index is 1.83. The van der Waals surface area contributed by atoms with E-state index in [0.717, 1.165) is 4.68 Å². The molecule has 3 rings (SSSR count). The molecule has 0 unspecified atom stereocenters. The molecule has 0 aliphatic heterocycles. The monoisotopic (exact) mass is 371 g/mol. The van der Waals surface area contributed by atoms with Crippen molar-refractivity contribution in [3.05, 3.63) is 50.0 Å². The number of aromatic amines is 1. The van der Waals surface area contributed by atoms with Gasteiger partial charge in [-0.25, -0.2) is 4.68 Å². The Hall–Kier alpha value is -3.02. The molecule has 12 heteroatoms. The Morgan fingerprint density at radius 2 is 1.88 bits per heavy atom. The number of fused-ring (bicyclic) bond motifs is 1. The van der Waals surface area contributed by atoms with Gasteiger partial charge in [-0.3, -0.25) is 24.8 Å². The fourth-order valence-corrected chi connectivity index (χ4v) is 2.68. The molecule has 2 aromatic heterocycles. The largest absolute Gasteiger partial charge is 0.445 e. The average molecular weight is 371 g/mol. The Labute approximate surface area is 139 Å². The number of amides is 1. The first-order chi connectivity index (χ1) is 11.8. The molecule has 25 heavy (non-hydrogen) atoms. The summed E-state index contributed by atoms with van der Waals surface area (Å²) in [7, 11) is 0. The molecule has 1 aromatic carbocycles. The van der Waals surface area contributed by atoms with Gasteiger partial charge in [-0.2, -0.15) is 13.2 Å². The van der Waals surface area contributed by atoms with E-state index in [1.807, 2.05) is 0 Å². The van der Waals surface area contributed by atoms with E-state index in [0.29, 0.717) is 0 Å². The van der Waals surface area contributed by atoms with Crippen molar-refractivity contribution in [3.8, 4) is 0 Å². The number of nitrogens with one attached hydrogen (secondary N) is 2. The maximum atomic E-state index is 12.4. The number of hydrogen-bond donors (Lipinski definition) is 2. The Morgan fingerprint density at radius 3 is 2.52 bits per heavy atom. The van der Waals surface area contributed by atoms with E-state index in [2.05, 4.69) is 20.6 Å². The smallest absolute Gasteiger partial charge is 0.299 e. The van der Waals surface area contributed by atoms with E-state index in [4.69, 9.17) is 0 Å². The summed E-state index contributed by atoms with van der Waals surface area (Å²) in [5.41, 5.74) is -1.18. The van der Waals surface area contributed by atoms with Crippen molar-refractivity contribution in [2.24, 2.45) is 0 Å². The van der Waals surface area contributed by atoms with Gasteiger partial charge < -0.3 is 0 Å². The maximum absolute atomic E-state index is 12.4. The van der Waals surface area contributed by atoms with Crippen LogP contribution in [0.1, 0.15) is 5.01 Å². The van der Waals surface area contributed by atoms with E-state index in [1.165, 1.54) is 12.1 Å². The SMILES string of the molecule is O=C(Cn1[nH]c(=O)c2ccccc2c1=O)Nc1nnc(C(F)(F)F)s1. The zero-order valence-electron chi connectivity index (χ0n) is 12.1. The van der Waals surface area contributed by atoms with Gasteiger partial charge in [0.25, 0.3) is 11.1 Å². The number of benzene rings is 1. The summed E-state index contributed by atoms with van der Waals surface area (Å²) in [5.74, 6) is -0.835. The second-order valence-corrected chi connectivity index (χ2v) is 5.81. The van der Waals surface area contributed by atoms with Crippen molar-refractivity contribution >= 4 is 33.1 Å². The zero-order chi connectivity index (χ0) is 18.2. The van der Waals surface area contributed by atoms with Crippen LogP contribution in [0.2, 0.25) is 0 Å². The van der Waals surface area contributed by atoms with E-state index in [1.54, 1.807) is 12.1 Å². The fraction of sp³-hybridized carbons (Fsp3) is 0.154. The number of aromatic nitrogens is 4. The molecule has 0 bridgehead atoms. The number of alkyl halides is 3. The molecule has 1 amide bonds. The molecule has 8 nitrogen and oxygen atoms in total. The van der Waals surface area contributed by atoms with Crippen LogP contribution in [0, 0.1) is 0 Å². The zero-order valence-corrected chi connectivity index (χ0v) is 12.9. The van der Waals surface area contributed by atoms with Crippen LogP contribution in [-0.2, 0) is 17.5 Å². The lowest BCUT2D eigenvalue weighted by Gasteiger charge is -2.06. The van der Waals surface area contributed by atoms with E-state index in [9.17, 15) is 27.6 Å². The molecule has 0 aliphatic carbocycles. The van der Waals surface area contributed by atoms with Gasteiger partial charge in [0.15, 0.2) is 0 Å². The van der Waals surface area contributed by atoms with Crippen molar-refractivity contribution in [2.75, 3.05) is 5.32 Å². The first-order valence-electron chi connectivity index (χ1n) is 6.68. The van der Waals surface area contributed by atoms with Gasteiger partial charge in [0.2, 0.25) is 16.0 Å². The van der Waals surface area contributed by atoms with Crippen LogP contribution in [0.15, 0.2) is 33.9 Å². The molecule has 0 atom stereocenters. The van der Waals surface area contributed by atoms with Crippen LogP contribution < -0.4 is 16.4 Å². The molecule has 130 valence electrons. The molecule has 0 saturated carbocycles. The first-order valence-corrected chi connectivity index (χ1v) is 7.50. The van der Waals surface area contributed by atoms with Gasteiger partial charge in [-0.05, 0) is 12.1 Å². The standard InChI is InChI=1S/C13H8F3N5O3S/c14-13(15,16)11-18-19-12(25-11)17-8(22)5-21-10(24)7-4-2-1-3-6(7)9(23)20-21/h1-4H,5H2,(H,20,23)(H,17,19,22). The van der Waals surface area contributed by atoms with Crippen LogP contribution in [0.4, 0.5) is 18.3 Å². The Morgan fingerprint density at radius 1 is 1.20 bits per heavy atom. The van der Waals surface area contributed by atoms with Gasteiger partial charge in [0.1, 0.15) is 6.54 Å². The van der Waals surface area contributed by atoms with Gasteiger partial charge >= 0.3 is 6.18 Å². The highest BCUT2D eigenvalue weighted by Crippen LogP contribution is 2.32. The molecule has 2 N–H and O–H groups in total. The van der Waals surface area contributed by atoms with Crippen molar-refractivity contribution in [1.29, 1.82) is 0 Å². The fourth-order valence-electron chi connectivity index (χ4n) is 2.05. The molecule has 0 radical (unpaired) electrons. The summed E-state index contributed by atoms with van der Waals surface area (Å²) in [6.07, 6.45) is -4.67. The molecule has 0 fully saturated rings. The van der Waals surface area contributed by atoms with Crippen molar-refractivity contribution in [1.82, 2.24) is 20.0 Å². The first kappa shape index (κ1) is 16.8. The van der Waals surface area contributed by atoms with Crippen LogP contribution in [0.25, 0.3) is 10.8 Å². The minimum Gasteiger partial charge on any atom is -0.299 e. The molecular weight excluding hydrogens is 363 g/mol. The Bertz CT molecular complexity index is 1070. The van der Waals surface area contributed by atoms with Crippen molar-refractivity contribution in [3.63, 3.8) is 0 Å². The normalized spacial score (nSPS) is 11.6. The molecule has 2 heterocycles. The lowest BCUT2D eigenvalue weighted by Crippen LogP contribution is -2.34. The van der Waals surface area contributed by atoms with E-state index in [-0.39, 0.29) is 27.2 Å². The second kappa shape index (κ2) is 6.12. The molecule has 0 aliphatic rings. The van der Waals surface area contributed by atoms with Crippen LogP contribution in [0.3, 0.4) is 0 Å². The van der Waals surface area contributed by atoms with E-state index >= 15 is 0 Å². The number of hydrogen-bond acceptors (Lipinski definition) is 6. The van der Waals surface area contributed by atoms with Crippen LogP contribution in [-0.4, -0.2) is 25.9 Å². The summed E-state index contributed by atoms with van der Waals surface area (Å²) >= 11 is 0.150. The minimum atomic E-state index is -4.67. The Kier molecular flexibility index (Phi) is 4.12. The molecular formula is C13H8F3N5O3S. The summed E-state index contributed by atoms with van der Waals surface area (Å²) in [4.78, 5) is 36.1. The third-order valence-corrected chi connectivity index (χ3v) is 3.98. The van der Waals surface area contributed by atoms with Crippen LogP contribution >= 0.6 is 11.3 Å². The lowest BCUT2D eigenvalue weighted by atomic mass is 10.2. The number of H-pyrrole nitrogens is 1. The third-order valence-electron chi connectivity index (χ3n) is 3.10. The number of halogens is 3. The maximum Gasteiger partial charge on any atom is 0.445 e. The molecule has 3 aromatic rings. The number of carbonyl (C=O) groups is 1. The number of carbonyl (C=O) groups excluding carboxylic acids is 1. The predicted octanol–water partition coefficient (Wildman–Crippen LogP) is 1.20. The summed E-state index contributed by atoms with van der Waals surface area (Å²) in [5, 5.41) is 9.19. The lowest BCUT2D eigenvalue weighted by molar-refractivity contribution is -0.138. The average Bonchev–Trinajstić information content (AvgIpc) is 3.01. The highest BCUT2D eigenvalue weighted by atomic mass is 32.1.